The van der Waals surface area contributed by atoms with Crippen molar-refractivity contribution in [2.45, 2.75) is 46.1 Å². The molecule has 0 aliphatic heterocycles. The first-order chi connectivity index (χ1) is 7.80. The van der Waals surface area contributed by atoms with Gasteiger partial charge >= 0.3 is 0 Å². The molecule has 1 unspecified atom stereocenters. The minimum Gasteiger partial charge on any atom is -0.323 e. The van der Waals surface area contributed by atoms with E-state index in [1.54, 1.807) is 0 Å². The molecule has 1 aromatic heterocycles. The molecule has 0 aliphatic carbocycles. The summed E-state index contributed by atoms with van der Waals surface area (Å²) in [7, 11) is 0. The molecular weight excluding hydrogens is 226 g/mol. The Morgan fingerprint density at radius 1 is 1.24 bits per heavy atom. The van der Waals surface area contributed by atoms with Gasteiger partial charge in [-0.1, -0.05) is 26.8 Å². The molecule has 92 valence electrons. The maximum atomic E-state index is 6.01. The predicted octanol–water partition coefficient (Wildman–Crippen LogP) is 4.53. The average molecular weight is 247 g/mol. The second kappa shape index (κ2) is 4.11. The Bertz CT molecular complexity index is 544. The van der Waals surface area contributed by atoms with Crippen LogP contribution in [0.3, 0.4) is 0 Å². The lowest BCUT2D eigenvalue weighted by atomic mass is 9.86. The topological polar surface area (TPSA) is 26.0 Å². The van der Waals surface area contributed by atoms with Crippen molar-refractivity contribution in [1.29, 1.82) is 0 Å². The van der Waals surface area contributed by atoms with E-state index < -0.39 is 0 Å². The molecule has 2 N–H and O–H groups in total. The van der Waals surface area contributed by atoms with E-state index in [2.05, 4.69) is 52.8 Å². The zero-order chi connectivity index (χ0) is 12.8. The van der Waals surface area contributed by atoms with E-state index in [4.69, 9.17) is 5.73 Å². The van der Waals surface area contributed by atoms with E-state index >= 15 is 0 Å². The van der Waals surface area contributed by atoms with Gasteiger partial charge in [0.2, 0.25) is 0 Å². The van der Waals surface area contributed by atoms with Crippen LogP contribution in [-0.4, -0.2) is 0 Å². The highest BCUT2D eigenvalue weighted by Gasteiger charge is 2.17. The van der Waals surface area contributed by atoms with Gasteiger partial charge < -0.3 is 5.73 Å². The van der Waals surface area contributed by atoms with Crippen molar-refractivity contribution in [3.05, 3.63) is 34.2 Å². The van der Waals surface area contributed by atoms with Gasteiger partial charge in [-0.25, -0.2) is 0 Å². The average Bonchev–Trinajstić information content (AvgIpc) is 2.54. The van der Waals surface area contributed by atoms with Crippen LogP contribution < -0.4 is 5.73 Å². The number of aryl methyl sites for hydroxylation is 1. The van der Waals surface area contributed by atoms with Crippen LogP contribution in [-0.2, 0) is 5.41 Å². The molecule has 0 bridgehead atoms. The Balaban J connectivity index is 2.66. The lowest BCUT2D eigenvalue weighted by Gasteiger charge is -2.19. The van der Waals surface area contributed by atoms with Crippen LogP contribution in [0.15, 0.2) is 18.2 Å². The van der Waals surface area contributed by atoms with Crippen molar-refractivity contribution in [2.24, 2.45) is 5.73 Å². The molecule has 1 heterocycles. The molecule has 2 rings (SSSR count). The van der Waals surface area contributed by atoms with Crippen molar-refractivity contribution in [3.63, 3.8) is 0 Å². The highest BCUT2D eigenvalue weighted by Crippen LogP contribution is 2.36. The third-order valence-corrected chi connectivity index (χ3v) is 4.73. The Hall–Kier alpha value is -0.860. The predicted molar refractivity (Wildman–Crippen MR) is 77.9 cm³/mol. The summed E-state index contributed by atoms with van der Waals surface area (Å²) in [6, 6.07) is 6.93. The van der Waals surface area contributed by atoms with Gasteiger partial charge in [0.25, 0.3) is 0 Å². The Kier molecular flexibility index (Phi) is 3.04. The molecule has 1 aromatic carbocycles. The number of hydrogen-bond acceptors (Lipinski definition) is 2. The third-order valence-electron chi connectivity index (χ3n) is 3.25. The highest BCUT2D eigenvalue weighted by molar-refractivity contribution is 7.19. The minimum absolute atomic E-state index is 0.130. The third kappa shape index (κ3) is 2.24. The molecule has 0 saturated carbocycles. The standard InChI is InChI=1S/C15H21NS/c1-9-12-8-11(15(3,4)5)6-7-13(12)17-14(9)10(2)16/h6-8,10H,16H2,1-5H3. The van der Waals surface area contributed by atoms with Crippen LogP contribution in [0, 0.1) is 6.92 Å². The molecule has 0 fully saturated rings. The van der Waals surface area contributed by atoms with Gasteiger partial charge in [0.1, 0.15) is 0 Å². The van der Waals surface area contributed by atoms with Gasteiger partial charge in [0.05, 0.1) is 0 Å². The summed E-state index contributed by atoms with van der Waals surface area (Å²) in [5.41, 5.74) is 8.96. The Labute approximate surface area is 108 Å². The molecule has 0 aliphatic rings. The fourth-order valence-electron chi connectivity index (χ4n) is 2.14. The number of nitrogens with two attached hydrogens (primary N) is 1. The SMILES string of the molecule is Cc1c(C(C)N)sc2ccc(C(C)(C)C)cc12. The first-order valence-corrected chi connectivity index (χ1v) is 6.91. The summed E-state index contributed by atoms with van der Waals surface area (Å²) in [5, 5.41) is 1.37. The summed E-state index contributed by atoms with van der Waals surface area (Å²) >= 11 is 1.83. The van der Waals surface area contributed by atoms with Crippen LogP contribution in [0.1, 0.15) is 49.7 Å². The molecule has 2 aromatic rings. The minimum atomic E-state index is 0.130. The quantitative estimate of drug-likeness (QED) is 0.787. The number of benzene rings is 1. The van der Waals surface area contributed by atoms with Crippen LogP contribution >= 0.6 is 11.3 Å². The molecule has 0 amide bonds. The highest BCUT2D eigenvalue weighted by atomic mass is 32.1. The maximum Gasteiger partial charge on any atom is 0.0364 e. The van der Waals surface area contributed by atoms with Crippen LogP contribution in [0.25, 0.3) is 10.1 Å². The van der Waals surface area contributed by atoms with Crippen molar-refractivity contribution >= 4 is 21.4 Å². The van der Waals surface area contributed by atoms with Gasteiger partial charge in [-0.15, -0.1) is 11.3 Å². The molecule has 1 atom stereocenters. The molecule has 0 spiro atoms. The number of fused-ring (bicyclic) bond motifs is 1. The largest absolute Gasteiger partial charge is 0.323 e. The lowest BCUT2D eigenvalue weighted by molar-refractivity contribution is 0.591. The molecule has 0 saturated heterocycles. The monoisotopic (exact) mass is 247 g/mol. The fourth-order valence-corrected chi connectivity index (χ4v) is 3.28. The summed E-state index contributed by atoms with van der Waals surface area (Å²) < 4.78 is 1.35. The zero-order valence-corrected chi connectivity index (χ0v) is 12.1. The van der Waals surface area contributed by atoms with Gasteiger partial charge in [-0.3, -0.25) is 0 Å². The van der Waals surface area contributed by atoms with Gasteiger partial charge in [0, 0.05) is 15.6 Å². The smallest absolute Gasteiger partial charge is 0.0364 e. The second-order valence-electron chi connectivity index (χ2n) is 5.84. The van der Waals surface area contributed by atoms with Crippen molar-refractivity contribution < 1.29 is 0 Å². The summed E-state index contributed by atoms with van der Waals surface area (Å²) in [4.78, 5) is 1.31. The van der Waals surface area contributed by atoms with E-state index in [1.807, 2.05) is 11.3 Å². The first-order valence-electron chi connectivity index (χ1n) is 6.10. The van der Waals surface area contributed by atoms with E-state index in [1.165, 1.54) is 26.1 Å². The van der Waals surface area contributed by atoms with Crippen molar-refractivity contribution in [3.8, 4) is 0 Å². The van der Waals surface area contributed by atoms with E-state index in [0.29, 0.717) is 0 Å². The fraction of sp³-hybridized carbons (Fsp3) is 0.467. The van der Waals surface area contributed by atoms with Crippen LogP contribution in [0.5, 0.6) is 0 Å². The molecule has 1 nitrogen and oxygen atoms in total. The molecule has 17 heavy (non-hydrogen) atoms. The molecule has 0 radical (unpaired) electrons. The number of thiophene rings is 1. The van der Waals surface area contributed by atoms with Crippen LogP contribution in [0.4, 0.5) is 0 Å². The summed E-state index contributed by atoms with van der Waals surface area (Å²) in [6.45, 7) is 11.0. The normalized spacial score (nSPS) is 14.2. The zero-order valence-electron chi connectivity index (χ0n) is 11.3. The van der Waals surface area contributed by atoms with Crippen LogP contribution in [0.2, 0.25) is 0 Å². The van der Waals surface area contributed by atoms with E-state index in [0.717, 1.165) is 0 Å². The van der Waals surface area contributed by atoms with Crippen molar-refractivity contribution in [1.82, 2.24) is 0 Å². The van der Waals surface area contributed by atoms with Crippen molar-refractivity contribution in [2.75, 3.05) is 0 Å². The summed E-state index contributed by atoms with van der Waals surface area (Å²) in [5.74, 6) is 0. The molecular formula is C15H21NS. The summed E-state index contributed by atoms with van der Waals surface area (Å²) in [6.07, 6.45) is 0. The lowest BCUT2D eigenvalue weighted by Crippen LogP contribution is -2.10. The van der Waals surface area contributed by atoms with Gasteiger partial charge in [-0.05, 0) is 47.9 Å². The second-order valence-corrected chi connectivity index (χ2v) is 6.92. The Morgan fingerprint density at radius 2 is 1.88 bits per heavy atom. The number of rotatable bonds is 1. The Morgan fingerprint density at radius 3 is 2.41 bits per heavy atom. The first kappa shape index (κ1) is 12.6. The maximum absolute atomic E-state index is 6.01. The number of hydrogen-bond donors (Lipinski definition) is 1. The van der Waals surface area contributed by atoms with E-state index in [9.17, 15) is 0 Å². The van der Waals surface area contributed by atoms with Gasteiger partial charge in [0.15, 0.2) is 0 Å². The van der Waals surface area contributed by atoms with Gasteiger partial charge in [-0.2, -0.15) is 0 Å². The molecule has 2 heteroatoms. The van der Waals surface area contributed by atoms with E-state index in [-0.39, 0.29) is 11.5 Å².